The molecule has 0 radical (unpaired) electrons. The lowest BCUT2D eigenvalue weighted by Gasteiger charge is -2.11. The van der Waals surface area contributed by atoms with E-state index in [0.29, 0.717) is 5.25 Å². The van der Waals surface area contributed by atoms with Crippen LogP contribution in [0.3, 0.4) is 0 Å². The topological polar surface area (TPSA) is 12.0 Å². The van der Waals surface area contributed by atoms with Crippen molar-refractivity contribution in [1.82, 2.24) is 5.32 Å². The average Bonchev–Trinajstić information content (AvgIpc) is 2.29. The van der Waals surface area contributed by atoms with Crippen molar-refractivity contribution < 1.29 is 0 Å². The Labute approximate surface area is 97.0 Å². The molecule has 1 atom stereocenters. The maximum absolute atomic E-state index is 4.08. The van der Waals surface area contributed by atoms with E-state index in [4.69, 9.17) is 0 Å². The summed E-state index contributed by atoms with van der Waals surface area (Å²) in [5.41, 5.74) is 2.38. The number of nitrogens with one attached hydrogen (secondary N) is 1. The van der Waals surface area contributed by atoms with E-state index in [1.165, 1.54) is 5.56 Å². The van der Waals surface area contributed by atoms with E-state index in [2.05, 4.69) is 37.2 Å². The zero-order valence-electron chi connectivity index (χ0n) is 9.49. The van der Waals surface area contributed by atoms with E-state index in [-0.39, 0.29) is 0 Å². The molecule has 2 heteroatoms. The van der Waals surface area contributed by atoms with Crippen molar-refractivity contribution in [1.29, 1.82) is 0 Å². The maximum Gasteiger partial charge on any atom is 0.0206 e. The molecule has 0 bridgehead atoms. The molecule has 0 fully saturated rings. The first-order chi connectivity index (χ1) is 7.24. The zero-order chi connectivity index (χ0) is 11.1. The highest BCUT2D eigenvalue weighted by molar-refractivity contribution is 7.99. The Morgan fingerprint density at radius 3 is 2.67 bits per heavy atom. The molecule has 1 rings (SSSR count). The van der Waals surface area contributed by atoms with Crippen LogP contribution in [0.4, 0.5) is 0 Å². The molecule has 15 heavy (non-hydrogen) atoms. The first kappa shape index (κ1) is 12.3. The number of hydrogen-bond acceptors (Lipinski definition) is 2. The van der Waals surface area contributed by atoms with Crippen LogP contribution in [0.1, 0.15) is 12.5 Å². The lowest BCUT2D eigenvalue weighted by molar-refractivity contribution is 0.747. The largest absolute Gasteiger partial charge is 0.312 e. The third kappa shape index (κ3) is 4.54. The molecule has 0 aliphatic rings. The van der Waals surface area contributed by atoms with Crippen molar-refractivity contribution >= 4 is 17.3 Å². The highest BCUT2D eigenvalue weighted by Gasteiger charge is 2.00. The second-order valence-electron chi connectivity index (χ2n) is 3.65. The Morgan fingerprint density at radius 1 is 1.40 bits per heavy atom. The Morgan fingerprint density at radius 2 is 2.07 bits per heavy atom. The van der Waals surface area contributed by atoms with Crippen LogP contribution in [0.2, 0.25) is 0 Å². The quantitative estimate of drug-likeness (QED) is 0.792. The summed E-state index contributed by atoms with van der Waals surface area (Å²) in [5.74, 6) is 0. The summed E-state index contributed by atoms with van der Waals surface area (Å²) in [5, 5.41) is 4.07. The van der Waals surface area contributed by atoms with Crippen molar-refractivity contribution in [3.63, 3.8) is 0 Å². The van der Waals surface area contributed by atoms with Crippen molar-refractivity contribution in [2.24, 2.45) is 0 Å². The van der Waals surface area contributed by atoms with Gasteiger partial charge in [0.25, 0.3) is 0 Å². The standard InChI is InChI=1S/C13H19NS/c1-11(9-14-10-12(2)15-3)13-7-5-4-6-8-13/h4-8,12,14H,1,9-10H2,2-3H3. The highest BCUT2D eigenvalue weighted by Crippen LogP contribution is 2.10. The minimum atomic E-state index is 0.661. The molecule has 1 aromatic carbocycles. The predicted octanol–water partition coefficient (Wildman–Crippen LogP) is 3.04. The molecule has 0 heterocycles. The third-order valence-electron chi connectivity index (χ3n) is 2.35. The molecule has 0 aliphatic heterocycles. The van der Waals surface area contributed by atoms with Gasteiger partial charge in [0.1, 0.15) is 0 Å². The van der Waals surface area contributed by atoms with E-state index in [1.54, 1.807) is 0 Å². The number of thioether (sulfide) groups is 1. The molecule has 1 aromatic rings. The Balaban J connectivity index is 2.31. The van der Waals surface area contributed by atoms with Gasteiger partial charge in [-0.2, -0.15) is 11.8 Å². The highest BCUT2D eigenvalue weighted by atomic mass is 32.2. The van der Waals surface area contributed by atoms with Gasteiger partial charge in [0, 0.05) is 18.3 Å². The molecule has 0 saturated carbocycles. The van der Waals surface area contributed by atoms with Gasteiger partial charge in [-0.3, -0.25) is 0 Å². The summed E-state index contributed by atoms with van der Waals surface area (Å²) in [6.45, 7) is 8.21. The zero-order valence-corrected chi connectivity index (χ0v) is 10.3. The van der Waals surface area contributed by atoms with E-state index < -0.39 is 0 Å². The van der Waals surface area contributed by atoms with Crippen molar-refractivity contribution in [3.05, 3.63) is 42.5 Å². The molecule has 0 aliphatic carbocycles. The average molecular weight is 221 g/mol. The fraction of sp³-hybridized carbons (Fsp3) is 0.385. The van der Waals surface area contributed by atoms with Crippen LogP contribution in [0.25, 0.3) is 5.57 Å². The number of hydrogen-bond donors (Lipinski definition) is 1. The van der Waals surface area contributed by atoms with Gasteiger partial charge >= 0.3 is 0 Å². The molecule has 0 saturated heterocycles. The smallest absolute Gasteiger partial charge is 0.0206 e. The molecule has 0 spiro atoms. The van der Waals surface area contributed by atoms with Gasteiger partial charge < -0.3 is 5.32 Å². The Hall–Kier alpha value is -0.730. The summed E-state index contributed by atoms with van der Waals surface area (Å²) in [6.07, 6.45) is 2.14. The van der Waals surface area contributed by atoms with Crippen LogP contribution in [0, 0.1) is 0 Å². The van der Waals surface area contributed by atoms with Crippen LogP contribution >= 0.6 is 11.8 Å². The minimum Gasteiger partial charge on any atom is -0.312 e. The van der Waals surface area contributed by atoms with Crippen LogP contribution in [-0.4, -0.2) is 24.6 Å². The summed E-state index contributed by atoms with van der Waals surface area (Å²) >= 11 is 1.88. The van der Waals surface area contributed by atoms with Crippen LogP contribution in [-0.2, 0) is 0 Å². The molecule has 1 N–H and O–H groups in total. The van der Waals surface area contributed by atoms with Crippen molar-refractivity contribution in [3.8, 4) is 0 Å². The van der Waals surface area contributed by atoms with Crippen LogP contribution in [0.15, 0.2) is 36.9 Å². The molecule has 1 nitrogen and oxygen atoms in total. The fourth-order valence-corrected chi connectivity index (χ4v) is 1.57. The maximum atomic E-state index is 4.08. The van der Waals surface area contributed by atoms with Crippen LogP contribution in [0.5, 0.6) is 0 Å². The summed E-state index contributed by atoms with van der Waals surface area (Å²) in [6, 6.07) is 10.3. The second-order valence-corrected chi connectivity index (χ2v) is 4.92. The molecular formula is C13H19NS. The predicted molar refractivity (Wildman–Crippen MR) is 71.3 cm³/mol. The van der Waals surface area contributed by atoms with Gasteiger partial charge in [0.05, 0.1) is 0 Å². The fourth-order valence-electron chi connectivity index (χ4n) is 1.29. The Kier molecular flexibility index (Phi) is 5.51. The Bertz CT molecular complexity index is 295. The molecule has 0 amide bonds. The first-order valence-corrected chi connectivity index (χ1v) is 6.49. The van der Waals surface area contributed by atoms with Crippen LogP contribution < -0.4 is 5.32 Å². The summed E-state index contributed by atoms with van der Waals surface area (Å²) < 4.78 is 0. The monoisotopic (exact) mass is 221 g/mol. The number of benzene rings is 1. The second kappa shape index (κ2) is 6.70. The molecule has 0 aromatic heterocycles. The third-order valence-corrected chi connectivity index (χ3v) is 3.33. The van der Waals surface area contributed by atoms with Gasteiger partial charge in [-0.25, -0.2) is 0 Å². The van der Waals surface area contributed by atoms with Gasteiger partial charge in [-0.15, -0.1) is 0 Å². The normalized spacial score (nSPS) is 12.4. The van der Waals surface area contributed by atoms with Gasteiger partial charge in [-0.1, -0.05) is 43.8 Å². The lowest BCUT2D eigenvalue weighted by atomic mass is 10.1. The van der Waals surface area contributed by atoms with Gasteiger partial charge in [0.2, 0.25) is 0 Å². The minimum absolute atomic E-state index is 0.661. The van der Waals surface area contributed by atoms with Crippen molar-refractivity contribution in [2.45, 2.75) is 12.2 Å². The summed E-state index contributed by atoms with van der Waals surface area (Å²) in [4.78, 5) is 0. The van der Waals surface area contributed by atoms with E-state index in [0.717, 1.165) is 18.7 Å². The van der Waals surface area contributed by atoms with E-state index in [1.807, 2.05) is 30.0 Å². The molecular weight excluding hydrogens is 202 g/mol. The molecule has 1 unspecified atom stereocenters. The molecule has 82 valence electrons. The van der Waals surface area contributed by atoms with E-state index in [9.17, 15) is 0 Å². The summed E-state index contributed by atoms with van der Waals surface area (Å²) in [7, 11) is 0. The van der Waals surface area contributed by atoms with Gasteiger partial charge in [0.15, 0.2) is 0 Å². The van der Waals surface area contributed by atoms with E-state index >= 15 is 0 Å². The first-order valence-electron chi connectivity index (χ1n) is 5.20. The van der Waals surface area contributed by atoms with Gasteiger partial charge in [-0.05, 0) is 17.4 Å². The number of rotatable bonds is 6. The SMILES string of the molecule is C=C(CNCC(C)SC)c1ccccc1. The van der Waals surface area contributed by atoms with Crippen molar-refractivity contribution in [2.75, 3.05) is 19.3 Å². The lowest BCUT2D eigenvalue weighted by Crippen LogP contribution is -2.24.